The summed E-state index contributed by atoms with van der Waals surface area (Å²) in [7, 11) is -3.22. The second kappa shape index (κ2) is 17.3. The molecule has 4 aromatic carbocycles. The molecular formula is C39H39F2NO7S. The van der Waals surface area contributed by atoms with Crippen LogP contribution in [0.5, 0.6) is 0 Å². The number of esters is 2. The van der Waals surface area contributed by atoms with E-state index in [-0.39, 0.29) is 31.0 Å². The van der Waals surface area contributed by atoms with E-state index in [9.17, 15) is 26.8 Å². The average Bonchev–Trinajstić information content (AvgIpc) is 3.43. The van der Waals surface area contributed by atoms with E-state index < -0.39 is 56.7 Å². The molecule has 262 valence electrons. The number of unbranched alkanes of at least 4 members (excludes halogenated alkanes) is 1. The van der Waals surface area contributed by atoms with Gasteiger partial charge in [-0.2, -0.15) is 0 Å². The summed E-state index contributed by atoms with van der Waals surface area (Å²) in [5.74, 6) is -3.69. The number of sulfonamides is 1. The Kier molecular flexibility index (Phi) is 12.6. The lowest BCUT2D eigenvalue weighted by Crippen LogP contribution is -2.46. The minimum atomic E-state index is -4.54. The number of benzene rings is 4. The van der Waals surface area contributed by atoms with Gasteiger partial charge in [0.2, 0.25) is 10.0 Å². The van der Waals surface area contributed by atoms with Crippen LogP contribution < -0.4 is 4.72 Å². The minimum Gasteiger partial charge on any atom is -0.469 e. The molecule has 0 radical (unpaired) electrons. The van der Waals surface area contributed by atoms with Gasteiger partial charge in [0.05, 0.1) is 31.4 Å². The standard InChI is InChI=1S/C39H39F2NO7S/c1-47-37(43)17-11-3-2-10-16-32-34(48-26-27-18-20-29(21-19-27)28-12-6-4-7-13-28)25-35(49-39(44)30-14-8-5-9-15-30)38(32)42-50(45,46)36-23-22-31(40)24-33(36)41/h2,4-10,12-15,18-24,32,34-35,38,42H,3,11,16-17,25-26H2,1H3/t32-,34-,35+,38+/m0/s1. The Morgan fingerprint density at radius 1 is 0.860 bits per heavy atom. The molecule has 11 heteroatoms. The van der Waals surface area contributed by atoms with Crippen molar-refractivity contribution in [2.75, 3.05) is 7.11 Å². The van der Waals surface area contributed by atoms with Gasteiger partial charge >= 0.3 is 11.9 Å². The highest BCUT2D eigenvalue weighted by molar-refractivity contribution is 7.89. The fourth-order valence-corrected chi connectivity index (χ4v) is 7.39. The van der Waals surface area contributed by atoms with Gasteiger partial charge in [-0.05, 0) is 60.2 Å². The van der Waals surface area contributed by atoms with Crippen LogP contribution in [0.3, 0.4) is 0 Å². The van der Waals surface area contributed by atoms with Gasteiger partial charge in [-0.3, -0.25) is 4.79 Å². The van der Waals surface area contributed by atoms with Crippen molar-refractivity contribution in [1.29, 1.82) is 0 Å². The quantitative estimate of drug-likeness (QED) is 0.0781. The molecule has 4 aromatic rings. The van der Waals surface area contributed by atoms with Crippen LogP contribution in [-0.2, 0) is 35.6 Å². The fourth-order valence-electron chi connectivity index (χ4n) is 6.01. The molecule has 1 fully saturated rings. The van der Waals surface area contributed by atoms with Crippen molar-refractivity contribution in [2.24, 2.45) is 5.92 Å². The molecule has 0 amide bonds. The first-order chi connectivity index (χ1) is 24.1. The number of ether oxygens (including phenoxy) is 3. The number of nitrogens with one attached hydrogen (secondary N) is 1. The highest BCUT2D eigenvalue weighted by Crippen LogP contribution is 2.36. The highest BCUT2D eigenvalue weighted by Gasteiger charge is 2.47. The Morgan fingerprint density at radius 3 is 2.22 bits per heavy atom. The largest absolute Gasteiger partial charge is 0.469 e. The molecular weight excluding hydrogens is 664 g/mol. The number of carbonyl (C=O) groups is 2. The number of carbonyl (C=O) groups excluding carboxylic acids is 2. The topological polar surface area (TPSA) is 108 Å². The summed E-state index contributed by atoms with van der Waals surface area (Å²) in [5.41, 5.74) is 3.28. The van der Waals surface area contributed by atoms with E-state index in [1.807, 2.05) is 66.7 Å². The normalized spacial score (nSPS) is 19.0. The zero-order chi connectivity index (χ0) is 35.5. The summed E-state index contributed by atoms with van der Waals surface area (Å²) in [6, 6.07) is 27.3. The lowest BCUT2D eigenvalue weighted by molar-refractivity contribution is -0.140. The van der Waals surface area contributed by atoms with Crippen molar-refractivity contribution in [3.05, 3.63) is 138 Å². The predicted molar refractivity (Wildman–Crippen MR) is 184 cm³/mol. The number of halogens is 2. The zero-order valence-electron chi connectivity index (χ0n) is 27.5. The van der Waals surface area contributed by atoms with Crippen LogP contribution in [0.4, 0.5) is 8.78 Å². The highest BCUT2D eigenvalue weighted by atomic mass is 32.2. The predicted octanol–water partition coefficient (Wildman–Crippen LogP) is 7.40. The Bertz CT molecular complexity index is 1870. The third-order valence-electron chi connectivity index (χ3n) is 8.63. The first-order valence-electron chi connectivity index (χ1n) is 16.4. The van der Waals surface area contributed by atoms with Crippen LogP contribution in [0.2, 0.25) is 0 Å². The van der Waals surface area contributed by atoms with Crippen molar-refractivity contribution >= 4 is 22.0 Å². The van der Waals surface area contributed by atoms with Gasteiger partial charge < -0.3 is 14.2 Å². The first kappa shape index (κ1) is 36.6. The number of allylic oxidation sites excluding steroid dienone is 2. The summed E-state index contributed by atoms with van der Waals surface area (Å²) >= 11 is 0. The summed E-state index contributed by atoms with van der Waals surface area (Å²) in [6.45, 7) is 0.199. The third-order valence-corrected chi connectivity index (χ3v) is 10.1. The van der Waals surface area contributed by atoms with E-state index in [1.54, 1.807) is 30.3 Å². The minimum absolute atomic E-state index is 0.153. The van der Waals surface area contributed by atoms with Crippen molar-refractivity contribution < 1.29 is 41.0 Å². The van der Waals surface area contributed by atoms with Gasteiger partial charge in [-0.1, -0.05) is 84.9 Å². The molecule has 0 aliphatic heterocycles. The van der Waals surface area contributed by atoms with E-state index in [4.69, 9.17) is 14.2 Å². The number of methoxy groups -OCH3 is 1. The lowest BCUT2D eigenvalue weighted by Gasteiger charge is -2.27. The number of hydrogen-bond acceptors (Lipinski definition) is 7. The third kappa shape index (κ3) is 9.71. The monoisotopic (exact) mass is 703 g/mol. The summed E-state index contributed by atoms with van der Waals surface area (Å²) in [5, 5.41) is 0. The van der Waals surface area contributed by atoms with Crippen LogP contribution in [0.25, 0.3) is 11.1 Å². The van der Waals surface area contributed by atoms with E-state index in [1.165, 1.54) is 7.11 Å². The maximum atomic E-state index is 14.8. The molecule has 50 heavy (non-hydrogen) atoms. The van der Waals surface area contributed by atoms with E-state index >= 15 is 0 Å². The van der Waals surface area contributed by atoms with Gasteiger partial charge in [0.25, 0.3) is 0 Å². The van der Waals surface area contributed by atoms with E-state index in [2.05, 4.69) is 4.72 Å². The molecule has 1 aliphatic rings. The Balaban J connectivity index is 1.41. The van der Waals surface area contributed by atoms with Crippen molar-refractivity contribution in [3.8, 4) is 11.1 Å². The fraction of sp³-hybridized carbons (Fsp3) is 0.282. The Morgan fingerprint density at radius 2 is 1.54 bits per heavy atom. The molecule has 4 atom stereocenters. The second-order valence-electron chi connectivity index (χ2n) is 12.0. The molecule has 1 saturated carbocycles. The molecule has 0 aromatic heterocycles. The molecule has 0 unspecified atom stereocenters. The summed E-state index contributed by atoms with van der Waals surface area (Å²) in [4.78, 5) is 24.0. The van der Waals surface area contributed by atoms with Gasteiger partial charge in [-0.25, -0.2) is 26.7 Å². The maximum Gasteiger partial charge on any atom is 0.338 e. The molecule has 0 spiro atoms. The Labute approximate surface area is 291 Å². The van der Waals surface area contributed by atoms with Crippen molar-refractivity contribution in [3.63, 3.8) is 0 Å². The van der Waals surface area contributed by atoms with Crippen LogP contribution in [0.15, 0.2) is 120 Å². The van der Waals surface area contributed by atoms with Crippen LogP contribution in [0.1, 0.15) is 48.0 Å². The number of rotatable bonds is 15. The zero-order valence-corrected chi connectivity index (χ0v) is 28.4. The molecule has 0 bridgehead atoms. The molecule has 5 rings (SSSR count). The lowest BCUT2D eigenvalue weighted by atomic mass is 9.97. The van der Waals surface area contributed by atoms with Gasteiger partial charge in [0, 0.05) is 24.8 Å². The van der Waals surface area contributed by atoms with Crippen LogP contribution in [-0.4, -0.2) is 45.7 Å². The first-order valence-corrected chi connectivity index (χ1v) is 17.8. The SMILES string of the molecule is COC(=O)CCCC=CC[C@@H]1[C@@H](NS(=O)(=O)c2ccc(F)cc2F)[C@H](OC(=O)c2ccccc2)C[C@@H]1OCc1ccc(-c2ccccc2)cc1. The average molecular weight is 704 g/mol. The number of hydrogen-bond donors (Lipinski definition) is 1. The Hall–Kier alpha value is -4.71. The van der Waals surface area contributed by atoms with E-state index in [0.717, 1.165) is 28.8 Å². The van der Waals surface area contributed by atoms with Crippen molar-refractivity contribution in [1.82, 2.24) is 4.72 Å². The smallest absolute Gasteiger partial charge is 0.338 e. The molecule has 8 nitrogen and oxygen atoms in total. The van der Waals surface area contributed by atoms with Crippen LogP contribution >= 0.6 is 0 Å². The van der Waals surface area contributed by atoms with E-state index in [0.29, 0.717) is 25.3 Å². The van der Waals surface area contributed by atoms with Crippen molar-refractivity contribution in [2.45, 2.75) is 61.9 Å². The van der Waals surface area contributed by atoms with Gasteiger partial charge in [-0.15, -0.1) is 0 Å². The second-order valence-corrected chi connectivity index (χ2v) is 13.7. The molecule has 0 saturated heterocycles. The molecule has 1 N–H and O–H groups in total. The van der Waals surface area contributed by atoms with Gasteiger partial charge in [0.1, 0.15) is 22.6 Å². The summed E-state index contributed by atoms with van der Waals surface area (Å²) < 4.78 is 75.3. The summed E-state index contributed by atoms with van der Waals surface area (Å²) in [6.07, 6.45) is 4.04. The molecule has 1 aliphatic carbocycles. The van der Waals surface area contributed by atoms with Crippen LogP contribution in [0, 0.1) is 17.6 Å². The molecule has 0 heterocycles. The maximum absolute atomic E-state index is 14.8. The van der Waals surface area contributed by atoms with Gasteiger partial charge in [0.15, 0.2) is 0 Å².